The van der Waals surface area contributed by atoms with Gasteiger partial charge in [-0.25, -0.2) is 21.1 Å². The first kappa shape index (κ1) is 26.2. The van der Waals surface area contributed by atoms with Crippen LogP contribution >= 0.6 is 0 Å². The molecule has 3 aromatic rings. The van der Waals surface area contributed by atoms with Gasteiger partial charge in [0.25, 0.3) is 0 Å². The summed E-state index contributed by atoms with van der Waals surface area (Å²) < 4.78 is 63.5. The fourth-order valence-electron chi connectivity index (χ4n) is 6.08. The van der Waals surface area contributed by atoms with Gasteiger partial charge in [0.1, 0.15) is 5.75 Å². The second-order valence-electron chi connectivity index (χ2n) is 9.84. The van der Waals surface area contributed by atoms with Crippen molar-refractivity contribution in [3.05, 3.63) is 59.8 Å². The van der Waals surface area contributed by atoms with Crippen LogP contribution in [0.25, 0.3) is 10.9 Å². The molecule has 1 saturated heterocycles. The normalized spacial score (nSPS) is 20.8. The Morgan fingerprint density at radius 1 is 1.05 bits per heavy atom. The highest BCUT2D eigenvalue weighted by atomic mass is 32.2. The molecule has 0 saturated carbocycles. The van der Waals surface area contributed by atoms with Crippen LogP contribution in [0.2, 0.25) is 0 Å². The molecule has 1 spiro atoms. The standard InChI is InChI=1S/C26H33N3O6S2/c1-4-36(31,32)28-14-12-26(13-15-28)18-29(37(33,34)20-8-6-5-7-9-20)23(17-30)25-24(26)21-11-10-19(35-3)16-22(21)27(25)2/h5-11,16,23,30H,4,12-15,17-18H2,1-3H3/t23-/m0/s1. The molecule has 1 aromatic heterocycles. The summed E-state index contributed by atoms with van der Waals surface area (Å²) in [7, 11) is -3.83. The summed E-state index contributed by atoms with van der Waals surface area (Å²) in [5.41, 5.74) is 2.00. The molecule has 0 bridgehead atoms. The minimum Gasteiger partial charge on any atom is -0.497 e. The van der Waals surface area contributed by atoms with Crippen LogP contribution in [0.15, 0.2) is 53.4 Å². The number of aliphatic hydroxyl groups is 1. The summed E-state index contributed by atoms with van der Waals surface area (Å²) in [5.74, 6) is 0.707. The molecule has 3 heterocycles. The van der Waals surface area contributed by atoms with E-state index in [0.717, 1.165) is 22.2 Å². The predicted molar refractivity (Wildman–Crippen MR) is 142 cm³/mol. The number of sulfonamides is 2. The van der Waals surface area contributed by atoms with Gasteiger partial charge in [-0.3, -0.25) is 0 Å². The average Bonchev–Trinajstić information content (AvgIpc) is 3.22. The third-order valence-electron chi connectivity index (χ3n) is 8.07. The van der Waals surface area contributed by atoms with Gasteiger partial charge in [0.2, 0.25) is 20.0 Å². The monoisotopic (exact) mass is 547 g/mol. The first-order chi connectivity index (χ1) is 17.6. The quantitative estimate of drug-likeness (QED) is 0.508. The van der Waals surface area contributed by atoms with E-state index in [1.165, 1.54) is 8.61 Å². The number of methoxy groups -OCH3 is 1. The lowest BCUT2D eigenvalue weighted by Gasteiger charge is -2.49. The summed E-state index contributed by atoms with van der Waals surface area (Å²) in [6.07, 6.45) is 0.951. The number of hydrogen-bond acceptors (Lipinski definition) is 6. The maximum absolute atomic E-state index is 14.0. The number of aryl methyl sites for hydroxylation is 1. The molecule has 1 N–H and O–H groups in total. The molecule has 2 aliphatic rings. The van der Waals surface area contributed by atoms with Crippen LogP contribution in [0.4, 0.5) is 0 Å². The number of rotatable bonds is 6. The van der Waals surface area contributed by atoms with Crippen molar-refractivity contribution in [2.45, 2.75) is 36.1 Å². The van der Waals surface area contributed by atoms with E-state index in [9.17, 15) is 21.9 Å². The van der Waals surface area contributed by atoms with Crippen LogP contribution in [0.3, 0.4) is 0 Å². The van der Waals surface area contributed by atoms with Crippen molar-refractivity contribution < 1.29 is 26.7 Å². The maximum atomic E-state index is 14.0. The third kappa shape index (κ3) is 4.08. The Balaban J connectivity index is 1.72. The first-order valence-corrected chi connectivity index (χ1v) is 15.5. The van der Waals surface area contributed by atoms with E-state index in [2.05, 4.69) is 0 Å². The lowest BCUT2D eigenvalue weighted by atomic mass is 9.69. The molecule has 2 aromatic carbocycles. The molecule has 200 valence electrons. The largest absolute Gasteiger partial charge is 0.497 e. The predicted octanol–water partition coefficient (Wildman–Crippen LogP) is 2.61. The van der Waals surface area contributed by atoms with Gasteiger partial charge in [-0.05, 0) is 49.6 Å². The highest BCUT2D eigenvalue weighted by molar-refractivity contribution is 7.89. The van der Waals surface area contributed by atoms with E-state index in [0.29, 0.717) is 31.7 Å². The summed E-state index contributed by atoms with van der Waals surface area (Å²) in [4.78, 5) is 0.165. The van der Waals surface area contributed by atoms with Gasteiger partial charge in [-0.15, -0.1) is 0 Å². The minimum absolute atomic E-state index is 0.0282. The molecular weight excluding hydrogens is 514 g/mol. The van der Waals surface area contributed by atoms with Crippen LogP contribution in [-0.2, 0) is 32.5 Å². The topological polar surface area (TPSA) is 109 Å². The zero-order valence-electron chi connectivity index (χ0n) is 21.3. The molecule has 9 nitrogen and oxygen atoms in total. The third-order valence-corrected chi connectivity index (χ3v) is 11.8. The molecule has 0 aliphatic carbocycles. The summed E-state index contributed by atoms with van der Waals surface area (Å²) in [6.45, 7) is 2.03. The zero-order chi connectivity index (χ0) is 26.6. The Morgan fingerprint density at radius 3 is 2.32 bits per heavy atom. The van der Waals surface area contributed by atoms with Crippen LogP contribution in [0, 0.1) is 0 Å². The average molecular weight is 548 g/mol. The van der Waals surface area contributed by atoms with E-state index in [-0.39, 0.29) is 23.8 Å². The maximum Gasteiger partial charge on any atom is 0.243 e. The number of nitrogens with zero attached hydrogens (tertiary/aromatic N) is 3. The molecule has 0 unspecified atom stereocenters. The fourth-order valence-corrected chi connectivity index (χ4v) is 8.87. The summed E-state index contributed by atoms with van der Waals surface area (Å²) >= 11 is 0. The second-order valence-corrected chi connectivity index (χ2v) is 14.0. The molecule has 0 amide bonds. The minimum atomic E-state index is -3.95. The number of benzene rings is 2. The molecule has 5 rings (SSSR count). The number of aromatic nitrogens is 1. The number of piperidine rings is 1. The van der Waals surface area contributed by atoms with Crippen molar-refractivity contribution >= 4 is 30.9 Å². The lowest BCUT2D eigenvalue weighted by molar-refractivity contribution is 0.115. The van der Waals surface area contributed by atoms with E-state index in [1.54, 1.807) is 44.4 Å². The van der Waals surface area contributed by atoms with Crippen LogP contribution in [0.5, 0.6) is 5.75 Å². The van der Waals surface area contributed by atoms with Crippen molar-refractivity contribution in [3.63, 3.8) is 0 Å². The van der Waals surface area contributed by atoms with E-state index in [4.69, 9.17) is 4.74 Å². The first-order valence-electron chi connectivity index (χ1n) is 12.4. The van der Waals surface area contributed by atoms with Crippen molar-refractivity contribution in [3.8, 4) is 5.75 Å². The van der Waals surface area contributed by atoms with Gasteiger partial charge < -0.3 is 14.4 Å². The Labute approximate surface area is 218 Å². The Hall–Kier alpha value is -2.44. The molecule has 0 radical (unpaired) electrons. The molecule has 11 heteroatoms. The highest BCUT2D eigenvalue weighted by Gasteiger charge is 2.52. The van der Waals surface area contributed by atoms with Gasteiger partial charge in [0.05, 0.1) is 35.9 Å². The lowest BCUT2D eigenvalue weighted by Crippen LogP contribution is -2.56. The zero-order valence-corrected chi connectivity index (χ0v) is 22.9. The van der Waals surface area contributed by atoms with Crippen molar-refractivity contribution in [1.82, 2.24) is 13.2 Å². The van der Waals surface area contributed by atoms with Crippen molar-refractivity contribution in [2.24, 2.45) is 7.05 Å². The van der Waals surface area contributed by atoms with E-state index >= 15 is 0 Å². The molecule has 37 heavy (non-hydrogen) atoms. The van der Waals surface area contributed by atoms with Crippen LogP contribution in [-0.4, -0.2) is 74.2 Å². The van der Waals surface area contributed by atoms with Crippen LogP contribution < -0.4 is 4.74 Å². The highest BCUT2D eigenvalue weighted by Crippen LogP contribution is 2.51. The smallest absolute Gasteiger partial charge is 0.243 e. The summed E-state index contributed by atoms with van der Waals surface area (Å²) in [6, 6.07) is 13.3. The number of hydrogen-bond donors (Lipinski definition) is 1. The SMILES string of the molecule is CCS(=O)(=O)N1CCC2(CC1)CN(S(=O)(=O)c1ccccc1)[C@@H](CO)c1c2c2ccc(OC)cc2n1C. The van der Waals surface area contributed by atoms with Gasteiger partial charge in [0, 0.05) is 49.2 Å². The molecule has 1 fully saturated rings. The number of fused-ring (bicyclic) bond motifs is 4. The Morgan fingerprint density at radius 2 is 1.73 bits per heavy atom. The van der Waals surface area contributed by atoms with E-state index < -0.39 is 31.5 Å². The number of ether oxygens (including phenoxy) is 1. The van der Waals surface area contributed by atoms with Crippen molar-refractivity contribution in [2.75, 3.05) is 39.1 Å². The van der Waals surface area contributed by atoms with Gasteiger partial charge in [-0.1, -0.05) is 18.2 Å². The fraction of sp³-hybridized carbons (Fsp3) is 0.462. The molecule has 1 atom stereocenters. The van der Waals surface area contributed by atoms with Gasteiger partial charge >= 0.3 is 0 Å². The van der Waals surface area contributed by atoms with Crippen molar-refractivity contribution in [1.29, 1.82) is 0 Å². The number of aliphatic hydroxyl groups excluding tert-OH is 1. The second kappa shape index (κ2) is 9.39. The van der Waals surface area contributed by atoms with Crippen LogP contribution in [0.1, 0.15) is 37.1 Å². The van der Waals surface area contributed by atoms with E-state index in [1.807, 2.05) is 29.8 Å². The Bertz CT molecular complexity index is 1530. The Kier molecular flexibility index (Phi) is 6.64. The molecular formula is C26H33N3O6S2. The summed E-state index contributed by atoms with van der Waals surface area (Å²) in [5, 5.41) is 11.6. The van der Waals surface area contributed by atoms with Gasteiger partial charge in [0.15, 0.2) is 0 Å². The van der Waals surface area contributed by atoms with Gasteiger partial charge in [-0.2, -0.15) is 4.31 Å². The molecule has 2 aliphatic heterocycles.